The Labute approximate surface area is 104 Å². The summed E-state index contributed by atoms with van der Waals surface area (Å²) in [7, 11) is 0. The molecule has 0 amide bonds. The van der Waals surface area contributed by atoms with Crippen LogP contribution in [0, 0.1) is 5.92 Å². The van der Waals surface area contributed by atoms with E-state index in [1.54, 1.807) is 0 Å². The van der Waals surface area contributed by atoms with Gasteiger partial charge in [0.2, 0.25) is 0 Å². The molecule has 2 aliphatic heterocycles. The van der Waals surface area contributed by atoms with Crippen molar-refractivity contribution in [3.05, 3.63) is 11.6 Å². The Morgan fingerprint density at radius 3 is 2.76 bits per heavy atom. The molecule has 0 aromatic rings. The van der Waals surface area contributed by atoms with E-state index in [1.165, 1.54) is 31.3 Å². The fraction of sp³-hybridized carbons (Fsp3) is 0.867. The maximum atomic E-state index is 6.05. The fourth-order valence-electron chi connectivity index (χ4n) is 3.66. The second-order valence-electron chi connectivity index (χ2n) is 6.46. The molecule has 1 aliphatic carbocycles. The van der Waals surface area contributed by atoms with Crippen molar-refractivity contribution in [2.45, 2.75) is 70.2 Å². The second kappa shape index (κ2) is 3.83. The van der Waals surface area contributed by atoms with Gasteiger partial charge in [-0.3, -0.25) is 0 Å². The van der Waals surface area contributed by atoms with Gasteiger partial charge in [-0.25, -0.2) is 0 Å². The van der Waals surface area contributed by atoms with Crippen molar-refractivity contribution in [2.75, 3.05) is 6.61 Å². The van der Waals surface area contributed by atoms with Crippen molar-refractivity contribution < 1.29 is 9.47 Å². The number of hydrogen-bond donors (Lipinski definition) is 0. The van der Waals surface area contributed by atoms with Crippen LogP contribution in [0.15, 0.2) is 11.6 Å². The molecule has 0 aromatic heterocycles. The Morgan fingerprint density at radius 2 is 2.12 bits per heavy atom. The zero-order valence-electron chi connectivity index (χ0n) is 11.3. The summed E-state index contributed by atoms with van der Waals surface area (Å²) in [5.74, 6) is 0.638. The van der Waals surface area contributed by atoms with Gasteiger partial charge in [-0.05, 0) is 40.0 Å². The first-order chi connectivity index (χ1) is 8.07. The summed E-state index contributed by atoms with van der Waals surface area (Å²) >= 11 is 0. The average molecular weight is 236 g/mol. The van der Waals surface area contributed by atoms with E-state index in [0.717, 1.165) is 13.0 Å². The van der Waals surface area contributed by atoms with Crippen molar-refractivity contribution in [2.24, 2.45) is 5.92 Å². The van der Waals surface area contributed by atoms with Crippen LogP contribution in [0.2, 0.25) is 0 Å². The van der Waals surface area contributed by atoms with Gasteiger partial charge >= 0.3 is 0 Å². The van der Waals surface area contributed by atoms with Crippen LogP contribution in [0.1, 0.15) is 52.9 Å². The monoisotopic (exact) mass is 236 g/mol. The highest BCUT2D eigenvalue weighted by Gasteiger charge is 2.67. The van der Waals surface area contributed by atoms with E-state index < -0.39 is 0 Å². The molecule has 0 aromatic carbocycles. The van der Waals surface area contributed by atoms with Gasteiger partial charge in [0.05, 0.1) is 23.9 Å². The van der Waals surface area contributed by atoms with E-state index in [0.29, 0.717) is 12.0 Å². The number of rotatable bonds is 3. The second-order valence-corrected chi connectivity index (χ2v) is 6.46. The number of ether oxygens (including phenoxy) is 2. The summed E-state index contributed by atoms with van der Waals surface area (Å²) in [6.07, 6.45) is 9.05. The highest BCUT2D eigenvalue weighted by molar-refractivity contribution is 5.16. The normalized spacial score (nSPS) is 47.9. The maximum absolute atomic E-state index is 6.05. The number of allylic oxidation sites excluding steroid dienone is 1. The molecule has 2 saturated heterocycles. The summed E-state index contributed by atoms with van der Waals surface area (Å²) in [6.45, 7) is 7.60. The first-order valence-electron chi connectivity index (χ1n) is 7.02. The van der Waals surface area contributed by atoms with Gasteiger partial charge in [0.1, 0.15) is 0 Å². The van der Waals surface area contributed by atoms with Crippen LogP contribution < -0.4 is 0 Å². The summed E-state index contributed by atoms with van der Waals surface area (Å²) in [6, 6.07) is 0. The molecule has 4 atom stereocenters. The van der Waals surface area contributed by atoms with E-state index in [-0.39, 0.29) is 11.2 Å². The molecule has 1 spiro atoms. The predicted octanol–water partition coefficient (Wildman–Crippen LogP) is 3.46. The molecule has 1 saturated carbocycles. The third-order valence-corrected chi connectivity index (χ3v) is 4.90. The van der Waals surface area contributed by atoms with E-state index in [2.05, 4.69) is 26.8 Å². The van der Waals surface area contributed by atoms with Gasteiger partial charge in [-0.15, -0.1) is 0 Å². The van der Waals surface area contributed by atoms with Gasteiger partial charge in [-0.1, -0.05) is 24.5 Å². The summed E-state index contributed by atoms with van der Waals surface area (Å²) in [4.78, 5) is 0. The minimum Gasteiger partial charge on any atom is -0.369 e. The van der Waals surface area contributed by atoms with Crippen LogP contribution in [-0.4, -0.2) is 23.9 Å². The molecular formula is C15H24O2. The third-order valence-electron chi connectivity index (χ3n) is 4.90. The SMILES string of the molecule is CC(C)=CCC1O[C@]1(C)C1CCCCC12CO2. The Bertz CT molecular complexity index is 339. The quantitative estimate of drug-likeness (QED) is 0.554. The minimum absolute atomic E-state index is 0.100. The zero-order valence-corrected chi connectivity index (χ0v) is 11.3. The van der Waals surface area contributed by atoms with Crippen LogP contribution in [0.5, 0.6) is 0 Å². The molecule has 3 fully saturated rings. The summed E-state index contributed by atoms with van der Waals surface area (Å²) in [5.41, 5.74) is 1.71. The van der Waals surface area contributed by atoms with Crippen LogP contribution in [-0.2, 0) is 9.47 Å². The zero-order chi connectivity index (χ0) is 12.1. The maximum Gasteiger partial charge on any atom is 0.0979 e. The van der Waals surface area contributed by atoms with Crippen LogP contribution in [0.3, 0.4) is 0 Å². The van der Waals surface area contributed by atoms with E-state index >= 15 is 0 Å². The van der Waals surface area contributed by atoms with Crippen LogP contribution >= 0.6 is 0 Å². The van der Waals surface area contributed by atoms with Gasteiger partial charge in [0.25, 0.3) is 0 Å². The molecule has 96 valence electrons. The number of epoxide rings is 2. The summed E-state index contributed by atoms with van der Waals surface area (Å²) in [5, 5.41) is 0. The molecule has 17 heavy (non-hydrogen) atoms. The van der Waals surface area contributed by atoms with E-state index in [9.17, 15) is 0 Å². The lowest BCUT2D eigenvalue weighted by molar-refractivity contribution is 0.0886. The predicted molar refractivity (Wildman–Crippen MR) is 68.0 cm³/mol. The topological polar surface area (TPSA) is 25.1 Å². The van der Waals surface area contributed by atoms with Crippen LogP contribution in [0.4, 0.5) is 0 Å². The highest BCUT2D eigenvalue weighted by atomic mass is 16.6. The molecular weight excluding hydrogens is 212 g/mol. The molecule has 2 heteroatoms. The smallest absolute Gasteiger partial charge is 0.0979 e. The van der Waals surface area contributed by atoms with Crippen molar-refractivity contribution in [1.82, 2.24) is 0 Å². The largest absolute Gasteiger partial charge is 0.369 e. The minimum atomic E-state index is 0.100. The standard InChI is InChI=1S/C15H24O2/c1-11(2)7-8-13-14(3,17-13)12-6-4-5-9-15(12)10-16-15/h7,12-13H,4-6,8-10H2,1-3H3/t12?,13?,14-,15?/m1/s1. The molecule has 2 nitrogen and oxygen atoms in total. The van der Waals surface area contributed by atoms with Gasteiger partial charge < -0.3 is 9.47 Å². The Balaban J connectivity index is 1.66. The van der Waals surface area contributed by atoms with Crippen molar-refractivity contribution in [3.8, 4) is 0 Å². The lowest BCUT2D eigenvalue weighted by Gasteiger charge is -2.32. The fourth-order valence-corrected chi connectivity index (χ4v) is 3.66. The van der Waals surface area contributed by atoms with Crippen molar-refractivity contribution >= 4 is 0 Å². The lowest BCUT2D eigenvalue weighted by atomic mass is 9.71. The average Bonchev–Trinajstić information content (AvgIpc) is 3.17. The first kappa shape index (κ1) is 11.7. The molecule has 2 heterocycles. The molecule has 0 N–H and O–H groups in total. The Kier molecular flexibility index (Phi) is 2.64. The van der Waals surface area contributed by atoms with Crippen molar-refractivity contribution in [1.29, 1.82) is 0 Å². The van der Waals surface area contributed by atoms with Gasteiger partial charge in [-0.2, -0.15) is 0 Å². The number of hydrogen-bond acceptors (Lipinski definition) is 2. The molecule has 0 bridgehead atoms. The van der Waals surface area contributed by atoms with Crippen LogP contribution in [0.25, 0.3) is 0 Å². The van der Waals surface area contributed by atoms with Gasteiger partial charge in [0, 0.05) is 5.92 Å². The van der Waals surface area contributed by atoms with Crippen molar-refractivity contribution in [3.63, 3.8) is 0 Å². The third kappa shape index (κ3) is 1.96. The molecule has 3 unspecified atom stereocenters. The molecule has 3 rings (SSSR count). The van der Waals surface area contributed by atoms with E-state index in [4.69, 9.17) is 9.47 Å². The lowest BCUT2D eigenvalue weighted by Crippen LogP contribution is -2.39. The highest BCUT2D eigenvalue weighted by Crippen LogP contribution is 2.58. The molecule has 0 radical (unpaired) electrons. The first-order valence-corrected chi connectivity index (χ1v) is 7.02. The Hall–Kier alpha value is -0.340. The molecule has 3 aliphatic rings. The van der Waals surface area contributed by atoms with Gasteiger partial charge in [0.15, 0.2) is 0 Å². The van der Waals surface area contributed by atoms with E-state index in [1.807, 2.05) is 0 Å². The summed E-state index contributed by atoms with van der Waals surface area (Å²) < 4.78 is 11.8. The Morgan fingerprint density at radius 1 is 1.35 bits per heavy atom.